The molecule has 0 bridgehead atoms. The number of aromatic nitrogens is 4. The summed E-state index contributed by atoms with van der Waals surface area (Å²) in [6, 6.07) is 33.8. The molecule has 0 spiro atoms. The number of hydrogen-bond acceptors (Lipinski definition) is 8. The Kier molecular flexibility index (Phi) is 10.4. The highest BCUT2D eigenvalue weighted by Gasteiger charge is 2.33. The lowest BCUT2D eigenvalue weighted by Gasteiger charge is -2.36. The highest BCUT2D eigenvalue weighted by atomic mass is 32.2. The van der Waals surface area contributed by atoms with Gasteiger partial charge < -0.3 is 25.2 Å². The van der Waals surface area contributed by atoms with Crippen LogP contribution in [0.3, 0.4) is 0 Å². The predicted molar refractivity (Wildman–Crippen MR) is 176 cm³/mol. The van der Waals surface area contributed by atoms with Crippen molar-refractivity contribution in [2.45, 2.75) is 50.2 Å². The van der Waals surface area contributed by atoms with Gasteiger partial charge in [-0.2, -0.15) is 4.68 Å². The van der Waals surface area contributed by atoms with Crippen molar-refractivity contribution in [3.63, 3.8) is 0 Å². The first-order valence-electron chi connectivity index (χ1n) is 15.3. The smallest absolute Gasteiger partial charge is 0.315 e. The van der Waals surface area contributed by atoms with E-state index in [1.165, 1.54) is 0 Å². The first-order valence-corrected chi connectivity index (χ1v) is 16.3. The fourth-order valence-electron chi connectivity index (χ4n) is 5.32. The monoisotopic (exact) mass is 636 g/mol. The summed E-state index contributed by atoms with van der Waals surface area (Å²) in [5.74, 6) is 0.624. The van der Waals surface area contributed by atoms with E-state index in [1.54, 1.807) is 16.4 Å². The van der Waals surface area contributed by atoms with Gasteiger partial charge in [0.1, 0.15) is 0 Å². The van der Waals surface area contributed by atoms with Crippen molar-refractivity contribution in [3.05, 3.63) is 125 Å². The van der Waals surface area contributed by atoms with Crippen LogP contribution >= 0.6 is 11.8 Å². The largest absolute Gasteiger partial charge is 0.392 e. The molecule has 5 aromatic rings. The van der Waals surface area contributed by atoms with Gasteiger partial charge in [0.15, 0.2) is 6.29 Å². The number of hydrogen-bond donors (Lipinski definition) is 3. The van der Waals surface area contributed by atoms with Crippen molar-refractivity contribution in [2.75, 3.05) is 12.3 Å². The SMILES string of the molecule is CCNC(=O)NCc1cccc(-c2cccc([C@H]3O[C@@H](CSc4nnnn4-c4ccccc4)C[C@@H](c4ccc(CO)cc4)O3)c2)c1. The Labute approximate surface area is 272 Å². The van der Waals surface area contributed by atoms with Crippen molar-refractivity contribution < 1.29 is 19.4 Å². The Bertz CT molecular complexity index is 1730. The molecule has 1 saturated heterocycles. The molecular weight excluding hydrogens is 600 g/mol. The molecule has 1 aliphatic rings. The number of nitrogens with one attached hydrogen (secondary N) is 2. The predicted octanol–water partition coefficient (Wildman–Crippen LogP) is 5.98. The Hall–Kier alpha value is -4.55. The number of aliphatic hydroxyl groups excluding tert-OH is 1. The van der Waals surface area contributed by atoms with Crippen LogP contribution < -0.4 is 10.6 Å². The molecule has 1 fully saturated rings. The molecule has 3 N–H and O–H groups in total. The van der Waals surface area contributed by atoms with Crippen LogP contribution in [0.25, 0.3) is 16.8 Å². The second kappa shape index (κ2) is 15.2. The van der Waals surface area contributed by atoms with E-state index < -0.39 is 6.29 Å². The molecule has 0 aliphatic carbocycles. The first kappa shape index (κ1) is 31.4. The Balaban J connectivity index is 1.22. The summed E-state index contributed by atoms with van der Waals surface area (Å²) < 4.78 is 14.9. The highest BCUT2D eigenvalue weighted by Crippen LogP contribution is 2.40. The van der Waals surface area contributed by atoms with E-state index >= 15 is 0 Å². The number of thioether (sulfide) groups is 1. The zero-order chi connectivity index (χ0) is 31.7. The summed E-state index contributed by atoms with van der Waals surface area (Å²) >= 11 is 1.55. The van der Waals surface area contributed by atoms with Gasteiger partial charge in [-0.3, -0.25) is 0 Å². The molecule has 6 rings (SSSR count). The quantitative estimate of drug-likeness (QED) is 0.151. The van der Waals surface area contributed by atoms with E-state index in [0.29, 0.717) is 30.4 Å². The zero-order valence-electron chi connectivity index (χ0n) is 25.5. The third-order valence-electron chi connectivity index (χ3n) is 7.66. The van der Waals surface area contributed by atoms with Crippen LogP contribution in [0.15, 0.2) is 108 Å². The maximum atomic E-state index is 11.9. The number of para-hydroxylation sites is 1. The first-order chi connectivity index (χ1) is 22.6. The molecule has 2 amide bonds. The lowest BCUT2D eigenvalue weighted by Crippen LogP contribution is -2.34. The highest BCUT2D eigenvalue weighted by molar-refractivity contribution is 7.99. The molecule has 46 heavy (non-hydrogen) atoms. The van der Waals surface area contributed by atoms with Crippen LogP contribution in [0.2, 0.25) is 0 Å². The summed E-state index contributed by atoms with van der Waals surface area (Å²) in [5, 5.41) is 28.2. The number of urea groups is 1. The topological polar surface area (TPSA) is 123 Å². The van der Waals surface area contributed by atoms with Crippen molar-refractivity contribution >= 4 is 17.8 Å². The molecule has 1 aromatic heterocycles. The molecule has 1 aliphatic heterocycles. The minimum Gasteiger partial charge on any atom is -0.392 e. The second-order valence-corrected chi connectivity index (χ2v) is 11.9. The van der Waals surface area contributed by atoms with E-state index in [9.17, 15) is 9.90 Å². The lowest BCUT2D eigenvalue weighted by atomic mass is 9.99. The van der Waals surface area contributed by atoms with Gasteiger partial charge in [-0.05, 0) is 69.4 Å². The Morgan fingerprint density at radius 3 is 2.46 bits per heavy atom. The Morgan fingerprint density at radius 1 is 0.891 bits per heavy atom. The van der Waals surface area contributed by atoms with Crippen LogP contribution in [-0.4, -0.2) is 49.7 Å². The van der Waals surface area contributed by atoms with Gasteiger partial charge in [-0.1, -0.05) is 90.6 Å². The van der Waals surface area contributed by atoms with Crippen molar-refractivity contribution in [1.82, 2.24) is 30.8 Å². The zero-order valence-corrected chi connectivity index (χ0v) is 26.3. The summed E-state index contributed by atoms with van der Waals surface area (Å²) in [5.41, 5.74) is 6.73. The van der Waals surface area contributed by atoms with E-state index in [0.717, 1.165) is 39.1 Å². The average molecular weight is 637 g/mol. The molecule has 2 heterocycles. The number of carbonyl (C=O) groups is 1. The number of carbonyl (C=O) groups excluding carboxylic acids is 1. The molecule has 236 valence electrons. The molecule has 0 unspecified atom stereocenters. The molecule has 0 radical (unpaired) electrons. The van der Waals surface area contributed by atoms with Gasteiger partial charge in [0.2, 0.25) is 5.16 Å². The number of aliphatic hydroxyl groups is 1. The van der Waals surface area contributed by atoms with Gasteiger partial charge in [0, 0.05) is 30.8 Å². The maximum Gasteiger partial charge on any atom is 0.315 e. The maximum absolute atomic E-state index is 11.9. The minimum atomic E-state index is -0.602. The number of benzene rings is 4. The Morgan fingerprint density at radius 2 is 1.67 bits per heavy atom. The van der Waals surface area contributed by atoms with Gasteiger partial charge in [-0.25, -0.2) is 4.79 Å². The van der Waals surface area contributed by atoms with Crippen molar-refractivity contribution in [3.8, 4) is 16.8 Å². The van der Waals surface area contributed by atoms with Gasteiger partial charge in [0.05, 0.1) is 24.5 Å². The summed E-state index contributed by atoms with van der Waals surface area (Å²) in [6.45, 7) is 2.88. The van der Waals surface area contributed by atoms with Crippen LogP contribution in [0.5, 0.6) is 0 Å². The molecule has 0 saturated carbocycles. The summed E-state index contributed by atoms with van der Waals surface area (Å²) in [7, 11) is 0. The van der Waals surface area contributed by atoms with Gasteiger partial charge in [-0.15, -0.1) is 5.10 Å². The average Bonchev–Trinajstić information content (AvgIpc) is 3.59. The number of ether oxygens (including phenoxy) is 2. The normalized spacial score (nSPS) is 17.8. The van der Waals surface area contributed by atoms with Crippen LogP contribution in [0.1, 0.15) is 48.0 Å². The number of tetrazole rings is 1. The number of nitrogens with zero attached hydrogens (tertiary/aromatic N) is 4. The second-order valence-electron chi connectivity index (χ2n) is 10.9. The molecule has 3 atom stereocenters. The summed E-state index contributed by atoms with van der Waals surface area (Å²) in [6.07, 6.45) is -0.321. The standard InChI is InChI=1S/C35H36N6O4S/c1-2-36-34(43)37-21-25-8-6-9-27(18-25)28-10-7-11-29(19-28)33-44-31(20-32(45-33)26-16-14-24(22-42)15-17-26)23-46-35-38-39-40-41(35)30-12-4-3-5-13-30/h3-19,31-33,42H,2,20-23H2,1H3,(H2,36,37,43)/t31-,32+,33+/m1/s1. The van der Waals surface area contributed by atoms with Crippen LogP contribution in [0.4, 0.5) is 4.79 Å². The lowest BCUT2D eigenvalue weighted by molar-refractivity contribution is -0.245. The van der Waals surface area contributed by atoms with E-state index in [4.69, 9.17) is 9.47 Å². The number of amides is 2. The van der Waals surface area contributed by atoms with E-state index in [-0.39, 0.29) is 24.8 Å². The molecule has 4 aromatic carbocycles. The molecule has 11 heteroatoms. The minimum absolute atomic E-state index is 0.0110. The van der Waals surface area contributed by atoms with Crippen molar-refractivity contribution in [2.24, 2.45) is 0 Å². The van der Waals surface area contributed by atoms with Gasteiger partial charge >= 0.3 is 6.03 Å². The van der Waals surface area contributed by atoms with Crippen LogP contribution in [-0.2, 0) is 22.6 Å². The van der Waals surface area contributed by atoms with Crippen molar-refractivity contribution in [1.29, 1.82) is 0 Å². The van der Waals surface area contributed by atoms with Crippen LogP contribution in [0, 0.1) is 0 Å². The summed E-state index contributed by atoms with van der Waals surface area (Å²) in [4.78, 5) is 11.9. The van der Waals surface area contributed by atoms with Gasteiger partial charge in [0.25, 0.3) is 0 Å². The van der Waals surface area contributed by atoms with E-state index in [1.807, 2.05) is 85.8 Å². The van der Waals surface area contributed by atoms with E-state index in [2.05, 4.69) is 50.4 Å². The molecule has 10 nitrogen and oxygen atoms in total. The fraction of sp³-hybridized carbons (Fsp3) is 0.257. The number of rotatable bonds is 11. The fourth-order valence-corrected chi connectivity index (χ4v) is 6.23. The molecular formula is C35H36N6O4S. The third-order valence-corrected chi connectivity index (χ3v) is 8.72. The third kappa shape index (κ3) is 7.80.